The zero-order valence-electron chi connectivity index (χ0n) is 13.6. The number of halogens is 1. The van der Waals surface area contributed by atoms with Crippen LogP contribution in [0.15, 0.2) is 42.6 Å². The molecule has 2 rings (SSSR count). The number of benzene rings is 1. The third kappa shape index (κ3) is 4.77. The highest BCUT2D eigenvalue weighted by Crippen LogP contribution is 2.11. The van der Waals surface area contributed by atoms with Crippen LogP contribution in [0.4, 0.5) is 10.1 Å². The molecule has 1 N–H and O–H groups in total. The fraction of sp³-hybridized carbons (Fsp3) is 0.333. The van der Waals surface area contributed by atoms with Crippen molar-refractivity contribution in [2.75, 3.05) is 25.0 Å². The molecule has 4 nitrogen and oxygen atoms in total. The highest BCUT2D eigenvalue weighted by atomic mass is 19.1. The quantitative estimate of drug-likeness (QED) is 0.852. The normalized spacial score (nSPS) is 10.4. The molecule has 0 bridgehead atoms. The van der Waals surface area contributed by atoms with Crippen LogP contribution in [-0.4, -0.2) is 35.4 Å². The van der Waals surface area contributed by atoms with Crippen molar-refractivity contribution in [2.45, 2.75) is 20.3 Å². The molecule has 0 saturated heterocycles. The van der Waals surface area contributed by atoms with Crippen molar-refractivity contribution in [3.8, 4) is 0 Å². The highest BCUT2D eigenvalue weighted by Gasteiger charge is 2.13. The Morgan fingerprint density at radius 2 is 1.87 bits per heavy atom. The molecule has 5 heteroatoms. The van der Waals surface area contributed by atoms with Crippen molar-refractivity contribution < 1.29 is 9.18 Å². The Morgan fingerprint density at radius 3 is 2.52 bits per heavy atom. The Hall–Kier alpha value is -2.43. The highest BCUT2D eigenvalue weighted by molar-refractivity contribution is 5.93. The van der Waals surface area contributed by atoms with Gasteiger partial charge in [0.25, 0.3) is 5.91 Å². The van der Waals surface area contributed by atoms with Crippen LogP contribution in [-0.2, 0) is 6.42 Å². The Morgan fingerprint density at radius 1 is 1.17 bits per heavy atom. The van der Waals surface area contributed by atoms with Gasteiger partial charge >= 0.3 is 0 Å². The van der Waals surface area contributed by atoms with Gasteiger partial charge in [0.05, 0.1) is 0 Å². The van der Waals surface area contributed by atoms with Gasteiger partial charge in [-0.05, 0) is 50.1 Å². The molecular weight excluding hydrogens is 293 g/mol. The molecule has 1 heterocycles. The molecule has 0 saturated carbocycles. The monoisotopic (exact) mass is 315 g/mol. The van der Waals surface area contributed by atoms with E-state index in [0.29, 0.717) is 25.3 Å². The van der Waals surface area contributed by atoms with Crippen molar-refractivity contribution >= 4 is 11.6 Å². The minimum Gasteiger partial charge on any atom is -0.385 e. The maximum atomic E-state index is 12.9. The lowest BCUT2D eigenvalue weighted by Gasteiger charge is -2.18. The summed E-state index contributed by atoms with van der Waals surface area (Å²) in [5, 5.41) is 3.27. The minimum atomic E-state index is -0.226. The molecule has 0 atom stereocenters. The summed E-state index contributed by atoms with van der Waals surface area (Å²) < 4.78 is 12.9. The molecule has 23 heavy (non-hydrogen) atoms. The van der Waals surface area contributed by atoms with Crippen LogP contribution in [0.5, 0.6) is 0 Å². The molecule has 0 aliphatic carbocycles. The molecule has 0 aliphatic heterocycles. The number of carbonyl (C=O) groups excluding carboxylic acids is 1. The SMILES string of the molecule is CCN(CC)C(=O)c1cc(NCCc2ccc(F)cc2)ccn1. The van der Waals surface area contributed by atoms with E-state index >= 15 is 0 Å². The lowest BCUT2D eigenvalue weighted by Crippen LogP contribution is -2.31. The molecule has 0 fully saturated rings. The number of amides is 1. The van der Waals surface area contributed by atoms with Crippen molar-refractivity contribution in [3.63, 3.8) is 0 Å². The minimum absolute atomic E-state index is 0.0582. The second-order valence-electron chi connectivity index (χ2n) is 5.21. The first-order chi connectivity index (χ1) is 11.1. The number of nitrogens with zero attached hydrogens (tertiary/aromatic N) is 2. The summed E-state index contributed by atoms with van der Waals surface area (Å²) >= 11 is 0. The summed E-state index contributed by atoms with van der Waals surface area (Å²) in [6.45, 7) is 5.94. The average molecular weight is 315 g/mol. The summed E-state index contributed by atoms with van der Waals surface area (Å²) in [6.07, 6.45) is 2.42. The van der Waals surface area contributed by atoms with Gasteiger partial charge in [-0.1, -0.05) is 12.1 Å². The number of nitrogens with one attached hydrogen (secondary N) is 1. The van der Waals surface area contributed by atoms with E-state index in [-0.39, 0.29) is 11.7 Å². The van der Waals surface area contributed by atoms with E-state index in [1.54, 1.807) is 29.3 Å². The van der Waals surface area contributed by atoms with Crippen molar-refractivity contribution in [1.29, 1.82) is 0 Å². The van der Waals surface area contributed by atoms with Crippen LogP contribution in [0.25, 0.3) is 0 Å². The standard InChI is InChI=1S/C18H22FN3O/c1-3-22(4-2)18(23)17-13-16(10-12-21-17)20-11-9-14-5-7-15(19)8-6-14/h5-8,10,12-13H,3-4,9,11H2,1-2H3,(H,20,21). The van der Waals surface area contributed by atoms with Crippen LogP contribution in [0, 0.1) is 5.82 Å². The topological polar surface area (TPSA) is 45.2 Å². The van der Waals surface area contributed by atoms with E-state index < -0.39 is 0 Å². The molecule has 122 valence electrons. The van der Waals surface area contributed by atoms with Gasteiger partial charge in [0.1, 0.15) is 11.5 Å². The molecular formula is C18H22FN3O. The van der Waals surface area contributed by atoms with Gasteiger partial charge in [-0.2, -0.15) is 0 Å². The molecule has 1 aromatic heterocycles. The number of aromatic nitrogens is 1. The van der Waals surface area contributed by atoms with Gasteiger partial charge in [0.15, 0.2) is 0 Å². The van der Waals surface area contributed by atoms with Crippen LogP contribution < -0.4 is 5.32 Å². The fourth-order valence-corrected chi connectivity index (χ4v) is 2.33. The maximum Gasteiger partial charge on any atom is 0.272 e. The van der Waals surface area contributed by atoms with Gasteiger partial charge < -0.3 is 10.2 Å². The van der Waals surface area contributed by atoms with Gasteiger partial charge in [0, 0.05) is 31.5 Å². The van der Waals surface area contributed by atoms with E-state index in [9.17, 15) is 9.18 Å². The lowest BCUT2D eigenvalue weighted by molar-refractivity contribution is 0.0767. The first-order valence-electron chi connectivity index (χ1n) is 7.87. The first kappa shape index (κ1) is 16.9. The Kier molecular flexibility index (Phi) is 6.09. The number of hydrogen-bond donors (Lipinski definition) is 1. The fourth-order valence-electron chi connectivity index (χ4n) is 2.33. The van der Waals surface area contributed by atoms with Crippen LogP contribution in [0.2, 0.25) is 0 Å². The predicted molar refractivity (Wildman–Crippen MR) is 90.1 cm³/mol. The third-order valence-electron chi connectivity index (χ3n) is 3.69. The zero-order valence-corrected chi connectivity index (χ0v) is 13.6. The molecule has 0 unspecified atom stereocenters. The summed E-state index contributed by atoms with van der Waals surface area (Å²) in [7, 11) is 0. The second kappa shape index (κ2) is 8.27. The largest absolute Gasteiger partial charge is 0.385 e. The molecule has 0 radical (unpaired) electrons. The van der Waals surface area contributed by atoms with Crippen LogP contribution in [0.3, 0.4) is 0 Å². The van der Waals surface area contributed by atoms with E-state index in [0.717, 1.165) is 17.7 Å². The number of carbonyl (C=O) groups is 1. The number of hydrogen-bond acceptors (Lipinski definition) is 3. The lowest BCUT2D eigenvalue weighted by atomic mass is 10.1. The Bertz CT molecular complexity index is 639. The van der Waals surface area contributed by atoms with Crippen LogP contribution in [0.1, 0.15) is 29.9 Å². The molecule has 0 spiro atoms. The van der Waals surface area contributed by atoms with Crippen molar-refractivity contribution in [1.82, 2.24) is 9.88 Å². The van der Waals surface area contributed by atoms with Gasteiger partial charge in [-0.25, -0.2) is 4.39 Å². The molecule has 1 amide bonds. The predicted octanol–water partition coefficient (Wildman–Crippen LogP) is 3.36. The van der Waals surface area contributed by atoms with Crippen molar-refractivity contribution in [2.24, 2.45) is 0 Å². The van der Waals surface area contributed by atoms with E-state index in [2.05, 4.69) is 10.3 Å². The number of anilines is 1. The Balaban J connectivity index is 1.94. The van der Waals surface area contributed by atoms with E-state index in [4.69, 9.17) is 0 Å². The van der Waals surface area contributed by atoms with E-state index in [1.165, 1.54) is 12.1 Å². The molecule has 0 aliphatic rings. The average Bonchev–Trinajstić information content (AvgIpc) is 2.58. The molecule has 1 aromatic carbocycles. The summed E-state index contributed by atoms with van der Waals surface area (Å²) in [5.74, 6) is -0.285. The molecule has 2 aromatic rings. The Labute approximate surface area is 136 Å². The maximum absolute atomic E-state index is 12.9. The smallest absolute Gasteiger partial charge is 0.272 e. The summed E-state index contributed by atoms with van der Waals surface area (Å²) in [6, 6.07) is 10.1. The second-order valence-corrected chi connectivity index (χ2v) is 5.21. The van der Waals surface area contributed by atoms with Crippen molar-refractivity contribution in [3.05, 3.63) is 59.7 Å². The van der Waals surface area contributed by atoms with Gasteiger partial charge in [0.2, 0.25) is 0 Å². The van der Waals surface area contributed by atoms with E-state index in [1.807, 2.05) is 19.9 Å². The van der Waals surface area contributed by atoms with Gasteiger partial charge in [-0.15, -0.1) is 0 Å². The number of rotatable bonds is 7. The zero-order chi connectivity index (χ0) is 16.7. The van der Waals surface area contributed by atoms with Gasteiger partial charge in [-0.3, -0.25) is 9.78 Å². The summed E-state index contributed by atoms with van der Waals surface area (Å²) in [5.41, 5.74) is 2.37. The third-order valence-corrected chi connectivity index (χ3v) is 3.69. The van der Waals surface area contributed by atoms with Crippen LogP contribution >= 0.6 is 0 Å². The summed E-state index contributed by atoms with van der Waals surface area (Å²) in [4.78, 5) is 18.2. The first-order valence-corrected chi connectivity index (χ1v) is 7.87. The number of pyridine rings is 1.